The Hall–Kier alpha value is -1.50. The topological polar surface area (TPSA) is 33.0 Å². The van der Waals surface area contributed by atoms with Gasteiger partial charge in [-0.15, -0.1) is 0 Å². The second kappa shape index (κ2) is 5.22. The molecule has 4 heteroatoms. The van der Waals surface area contributed by atoms with Gasteiger partial charge >= 0.3 is 0 Å². The van der Waals surface area contributed by atoms with E-state index in [0.717, 1.165) is 4.47 Å². The number of ether oxygens (including phenoxy) is 1. The highest BCUT2D eigenvalue weighted by Crippen LogP contribution is 2.28. The van der Waals surface area contributed by atoms with E-state index in [-0.39, 0.29) is 0 Å². The van der Waals surface area contributed by atoms with Gasteiger partial charge in [0.25, 0.3) is 0 Å². The first-order valence-corrected chi connectivity index (χ1v) is 5.99. The first-order valence-electron chi connectivity index (χ1n) is 4.82. The zero-order valence-corrected chi connectivity index (χ0v) is 11.0. The Labute approximate surface area is 113 Å². The quantitative estimate of drug-likeness (QED) is 0.801. The fraction of sp³-hybridized carbons (Fsp3) is 0. The second-order valence-corrected chi connectivity index (χ2v) is 4.66. The van der Waals surface area contributed by atoms with Gasteiger partial charge in [-0.1, -0.05) is 33.6 Å². The summed E-state index contributed by atoms with van der Waals surface area (Å²) in [6, 6.07) is 14.4. The van der Waals surface area contributed by atoms with Crippen LogP contribution in [0.25, 0.3) is 0 Å². The van der Waals surface area contributed by atoms with Crippen molar-refractivity contribution in [3.8, 4) is 17.6 Å². The van der Waals surface area contributed by atoms with Crippen LogP contribution in [0.3, 0.4) is 0 Å². The molecule has 17 heavy (non-hydrogen) atoms. The molecule has 0 spiro atoms. The molecule has 0 N–H and O–H groups in total. The van der Waals surface area contributed by atoms with Crippen molar-refractivity contribution in [1.82, 2.24) is 0 Å². The molecule has 2 rings (SSSR count). The highest BCUT2D eigenvalue weighted by atomic mass is 79.9. The van der Waals surface area contributed by atoms with Crippen molar-refractivity contribution in [2.24, 2.45) is 0 Å². The van der Waals surface area contributed by atoms with Crippen LogP contribution in [0.5, 0.6) is 11.5 Å². The SMILES string of the molecule is N#Cc1cc(Br)ccc1Oc1cccc(Cl)c1. The maximum absolute atomic E-state index is 9.00. The van der Waals surface area contributed by atoms with Crippen LogP contribution in [0, 0.1) is 11.3 Å². The Morgan fingerprint density at radius 3 is 2.71 bits per heavy atom. The van der Waals surface area contributed by atoms with Gasteiger partial charge in [0.15, 0.2) is 0 Å². The third-order valence-corrected chi connectivity index (χ3v) is 2.81. The number of benzene rings is 2. The molecule has 0 amide bonds. The van der Waals surface area contributed by atoms with E-state index in [1.165, 1.54) is 0 Å². The average molecular weight is 309 g/mol. The lowest BCUT2D eigenvalue weighted by Crippen LogP contribution is -1.88. The molecule has 2 nitrogen and oxygen atoms in total. The van der Waals surface area contributed by atoms with E-state index >= 15 is 0 Å². The smallest absolute Gasteiger partial charge is 0.145 e. The monoisotopic (exact) mass is 307 g/mol. The van der Waals surface area contributed by atoms with E-state index in [2.05, 4.69) is 22.0 Å². The van der Waals surface area contributed by atoms with Crippen molar-refractivity contribution in [3.63, 3.8) is 0 Å². The Balaban J connectivity index is 2.34. The zero-order valence-electron chi connectivity index (χ0n) is 8.65. The van der Waals surface area contributed by atoms with Crippen LogP contribution in [0.1, 0.15) is 5.56 Å². The summed E-state index contributed by atoms with van der Waals surface area (Å²) < 4.78 is 6.45. The van der Waals surface area contributed by atoms with Gasteiger partial charge < -0.3 is 4.74 Å². The minimum Gasteiger partial charge on any atom is -0.456 e. The van der Waals surface area contributed by atoms with Gasteiger partial charge in [0.05, 0.1) is 5.56 Å². The molecule has 0 aromatic heterocycles. The molecule has 0 bridgehead atoms. The number of hydrogen-bond donors (Lipinski definition) is 0. The van der Waals surface area contributed by atoms with Gasteiger partial charge in [0.1, 0.15) is 17.6 Å². The fourth-order valence-corrected chi connectivity index (χ4v) is 1.88. The van der Waals surface area contributed by atoms with E-state index in [1.54, 1.807) is 36.4 Å². The van der Waals surface area contributed by atoms with Gasteiger partial charge in [-0.25, -0.2) is 0 Å². The minimum atomic E-state index is 0.472. The third-order valence-electron chi connectivity index (χ3n) is 2.09. The van der Waals surface area contributed by atoms with Crippen molar-refractivity contribution in [1.29, 1.82) is 5.26 Å². The average Bonchev–Trinajstić information content (AvgIpc) is 2.31. The summed E-state index contributed by atoms with van der Waals surface area (Å²) in [5.74, 6) is 1.12. The molecule has 0 aliphatic heterocycles. The maximum atomic E-state index is 9.00. The highest BCUT2D eigenvalue weighted by molar-refractivity contribution is 9.10. The number of rotatable bonds is 2. The number of hydrogen-bond acceptors (Lipinski definition) is 2. The van der Waals surface area contributed by atoms with Crippen LogP contribution in [0.15, 0.2) is 46.9 Å². The Bertz CT molecular complexity index is 592. The Morgan fingerprint density at radius 2 is 2.00 bits per heavy atom. The predicted molar refractivity (Wildman–Crippen MR) is 70.4 cm³/mol. The van der Waals surface area contributed by atoms with Crippen molar-refractivity contribution in [2.75, 3.05) is 0 Å². The molecule has 2 aromatic rings. The molecule has 0 saturated heterocycles. The molecule has 0 atom stereocenters. The van der Waals surface area contributed by atoms with Crippen molar-refractivity contribution in [3.05, 3.63) is 57.5 Å². The lowest BCUT2D eigenvalue weighted by Gasteiger charge is -2.07. The fourth-order valence-electron chi connectivity index (χ4n) is 1.34. The molecular weight excluding hydrogens is 302 g/mol. The van der Waals surface area contributed by atoms with Crippen LogP contribution in [-0.2, 0) is 0 Å². The predicted octanol–water partition coefficient (Wildman–Crippen LogP) is 4.77. The minimum absolute atomic E-state index is 0.472. The van der Waals surface area contributed by atoms with E-state index in [0.29, 0.717) is 22.1 Å². The first kappa shape index (κ1) is 12.0. The first-order chi connectivity index (χ1) is 8.19. The van der Waals surface area contributed by atoms with Gasteiger partial charge in [0, 0.05) is 9.50 Å². The molecular formula is C13H7BrClNO. The molecule has 84 valence electrons. The molecule has 0 aliphatic rings. The molecule has 0 fully saturated rings. The summed E-state index contributed by atoms with van der Waals surface area (Å²) in [5, 5.41) is 9.59. The van der Waals surface area contributed by atoms with Crippen LogP contribution >= 0.6 is 27.5 Å². The molecule has 0 radical (unpaired) electrons. The molecule has 0 unspecified atom stereocenters. The lowest BCUT2D eigenvalue weighted by molar-refractivity contribution is 0.481. The standard InChI is InChI=1S/C13H7BrClNO/c14-10-4-5-13(9(6-10)8-16)17-12-3-1-2-11(15)7-12/h1-7H. The van der Waals surface area contributed by atoms with E-state index in [4.69, 9.17) is 21.6 Å². The summed E-state index contributed by atoms with van der Waals surface area (Å²) in [7, 11) is 0. The van der Waals surface area contributed by atoms with Gasteiger partial charge in [-0.2, -0.15) is 5.26 Å². The normalized spacial score (nSPS) is 9.71. The summed E-state index contributed by atoms with van der Waals surface area (Å²) in [5.41, 5.74) is 0.472. The van der Waals surface area contributed by atoms with Gasteiger partial charge in [-0.05, 0) is 36.4 Å². The van der Waals surface area contributed by atoms with Crippen molar-refractivity contribution in [2.45, 2.75) is 0 Å². The van der Waals surface area contributed by atoms with Gasteiger partial charge in [0.2, 0.25) is 0 Å². The molecule has 0 heterocycles. The Morgan fingerprint density at radius 1 is 1.18 bits per heavy atom. The zero-order chi connectivity index (χ0) is 12.3. The number of nitrogens with zero attached hydrogens (tertiary/aromatic N) is 1. The maximum Gasteiger partial charge on any atom is 0.145 e. The number of halogens is 2. The summed E-state index contributed by atoms with van der Waals surface area (Å²) in [6.07, 6.45) is 0. The lowest BCUT2D eigenvalue weighted by atomic mass is 10.2. The molecule has 0 saturated carbocycles. The van der Waals surface area contributed by atoms with Crippen molar-refractivity contribution >= 4 is 27.5 Å². The van der Waals surface area contributed by atoms with Crippen molar-refractivity contribution < 1.29 is 4.74 Å². The molecule has 2 aromatic carbocycles. The van der Waals surface area contributed by atoms with Crippen LogP contribution in [0.4, 0.5) is 0 Å². The van der Waals surface area contributed by atoms with Crippen LogP contribution < -0.4 is 4.74 Å². The van der Waals surface area contributed by atoms with E-state index in [1.807, 2.05) is 6.07 Å². The third kappa shape index (κ3) is 3.00. The van der Waals surface area contributed by atoms with Crippen LogP contribution in [-0.4, -0.2) is 0 Å². The molecule has 0 aliphatic carbocycles. The van der Waals surface area contributed by atoms with E-state index in [9.17, 15) is 0 Å². The van der Waals surface area contributed by atoms with E-state index < -0.39 is 0 Å². The van der Waals surface area contributed by atoms with Crippen LogP contribution in [0.2, 0.25) is 5.02 Å². The summed E-state index contributed by atoms with van der Waals surface area (Å²) in [4.78, 5) is 0. The Kier molecular flexibility index (Phi) is 3.68. The highest BCUT2D eigenvalue weighted by Gasteiger charge is 2.05. The second-order valence-electron chi connectivity index (χ2n) is 3.31. The summed E-state index contributed by atoms with van der Waals surface area (Å²) >= 11 is 9.16. The van der Waals surface area contributed by atoms with Gasteiger partial charge in [-0.3, -0.25) is 0 Å². The number of nitriles is 1. The largest absolute Gasteiger partial charge is 0.456 e. The summed E-state index contributed by atoms with van der Waals surface area (Å²) in [6.45, 7) is 0.